The van der Waals surface area contributed by atoms with Crippen LogP contribution in [0.15, 0.2) is 0 Å². The summed E-state index contributed by atoms with van der Waals surface area (Å²) in [7, 11) is 1.00. The smallest absolute Gasteiger partial charge is 1.00 e. The van der Waals surface area contributed by atoms with Crippen molar-refractivity contribution in [3.63, 3.8) is 0 Å². The number of thiol groups is 2. The normalized spacial score (nSPS) is 3.78. The number of aliphatic hydroxyl groups is 1. The van der Waals surface area contributed by atoms with Crippen LogP contribution in [0.2, 0.25) is 0 Å². The molecule has 0 rings (SSSR count). The van der Waals surface area contributed by atoms with Crippen LogP contribution in [0.25, 0.3) is 0 Å². The van der Waals surface area contributed by atoms with E-state index in [0.29, 0.717) is 0 Å². The van der Waals surface area contributed by atoms with Gasteiger partial charge in [-0.15, -0.1) is 0 Å². The van der Waals surface area contributed by atoms with E-state index in [0.717, 1.165) is 7.11 Å². The zero-order chi connectivity index (χ0) is 13.2. The summed E-state index contributed by atoms with van der Waals surface area (Å²) < 4.78 is 0. The van der Waals surface area contributed by atoms with Gasteiger partial charge in [0.2, 0.25) is 0 Å². The Balaban J connectivity index is -0.00000000649. The van der Waals surface area contributed by atoms with Crippen molar-refractivity contribution < 1.29 is 62.1 Å². The van der Waals surface area contributed by atoms with Crippen LogP contribution in [0.1, 0.15) is 29.1 Å². The fraction of sp³-hybridized carbons (Fsp3) is 0.714. The van der Waals surface area contributed by atoms with Gasteiger partial charge in [-0.05, 0) is 0 Å². The molecule has 0 aromatic rings. The molecule has 8 nitrogen and oxygen atoms in total. The Morgan fingerprint density at radius 2 is 0.833 bits per heavy atom. The minimum absolute atomic E-state index is 0. The first-order valence-electron chi connectivity index (χ1n) is 3.88. The third-order valence-corrected chi connectivity index (χ3v) is 0. The number of nitrogens with two attached hydrogens (primary N) is 2. The molecule has 0 unspecified atom stereocenters. The van der Waals surface area contributed by atoms with Gasteiger partial charge in [0.05, 0.1) is 0 Å². The standard InChI is InChI=1S/2C2H6.2CH3NOS.CH4O.Na.3H2O.H/c2*1-2;2*2-1(3)4;1-2;;;;;/h2*1-2H3;2*(H3,2,3,4);2H,1H3;;3*1H2;/q;;;;;+1;;;;-1. The summed E-state index contributed by atoms with van der Waals surface area (Å²) in [5.74, 6) is 0. The topological polar surface area (TPSA) is 201 Å². The second kappa shape index (κ2) is 113. The van der Waals surface area contributed by atoms with Crippen molar-refractivity contribution in [1.29, 1.82) is 0 Å². The molecule has 11 N–H and O–H groups in total. The number of carbonyl (C=O) groups is 2. The van der Waals surface area contributed by atoms with Gasteiger partial charge in [0.1, 0.15) is 0 Å². The quantitative estimate of drug-likeness (QED) is 0.226. The second-order valence-corrected chi connectivity index (χ2v) is 1.56. The Labute approximate surface area is 143 Å². The van der Waals surface area contributed by atoms with Crippen molar-refractivity contribution in [3.05, 3.63) is 0 Å². The summed E-state index contributed by atoms with van der Waals surface area (Å²) in [4.78, 5) is 18.2. The summed E-state index contributed by atoms with van der Waals surface area (Å²) in [6, 6.07) is 0. The minimum Gasteiger partial charge on any atom is -1.00 e. The molecule has 0 fully saturated rings. The molecule has 0 aliphatic rings. The molecule has 0 atom stereocenters. The monoisotopic (exact) mass is 324 g/mol. The maximum absolute atomic E-state index is 9.09. The van der Waals surface area contributed by atoms with Gasteiger partial charge in [0, 0.05) is 7.11 Å². The van der Waals surface area contributed by atoms with Crippen LogP contribution in [-0.2, 0) is 0 Å². The van der Waals surface area contributed by atoms with Gasteiger partial charge in [-0.2, -0.15) is 0 Å². The van der Waals surface area contributed by atoms with E-state index >= 15 is 0 Å². The Kier molecular flexibility index (Phi) is 395. The Morgan fingerprint density at radius 3 is 0.833 bits per heavy atom. The van der Waals surface area contributed by atoms with Crippen molar-refractivity contribution in [2.75, 3.05) is 7.11 Å². The molecular weight excluding hydrogens is 295 g/mol. The summed E-state index contributed by atoms with van der Waals surface area (Å²) in [5.41, 5.74) is 8.67. The van der Waals surface area contributed by atoms with Gasteiger partial charge in [-0.25, -0.2) is 0 Å². The zero-order valence-electron chi connectivity index (χ0n) is 12.8. The number of aliphatic hydroxyl groups excluding tert-OH is 1. The minimum atomic E-state index is -0.639. The van der Waals surface area contributed by atoms with E-state index in [1.165, 1.54) is 0 Å². The van der Waals surface area contributed by atoms with Crippen LogP contribution in [0.3, 0.4) is 0 Å². The molecule has 0 heterocycles. The van der Waals surface area contributed by atoms with Crippen LogP contribution in [0.5, 0.6) is 0 Å². The summed E-state index contributed by atoms with van der Waals surface area (Å²) in [6.45, 7) is 8.00. The third-order valence-electron chi connectivity index (χ3n) is 0. The molecule has 0 aliphatic carbocycles. The Hall–Kier alpha value is 0.480. The van der Waals surface area contributed by atoms with Crippen molar-refractivity contribution >= 4 is 35.7 Å². The molecule has 0 radical (unpaired) electrons. The van der Waals surface area contributed by atoms with E-state index in [9.17, 15) is 0 Å². The van der Waals surface area contributed by atoms with E-state index in [2.05, 4.69) is 36.7 Å². The average molecular weight is 324 g/mol. The van der Waals surface area contributed by atoms with Crippen LogP contribution in [0.4, 0.5) is 9.59 Å². The number of hydrogen-bond acceptors (Lipinski definition) is 3. The van der Waals surface area contributed by atoms with E-state index in [1.807, 2.05) is 27.7 Å². The fourth-order valence-electron chi connectivity index (χ4n) is 0. The summed E-state index contributed by atoms with van der Waals surface area (Å²) >= 11 is 6.21. The molecule has 11 heteroatoms. The average Bonchev–Trinajstić information content (AvgIpc) is 2.12. The number of primary amides is 2. The van der Waals surface area contributed by atoms with E-state index < -0.39 is 10.5 Å². The number of rotatable bonds is 0. The molecule has 0 saturated heterocycles. The predicted octanol–water partition coefficient (Wildman–Crippen LogP) is -3.71. The van der Waals surface area contributed by atoms with Crippen LogP contribution in [0, 0.1) is 0 Å². The first-order valence-corrected chi connectivity index (χ1v) is 4.77. The molecule has 0 spiro atoms. The third kappa shape index (κ3) is 17100. The number of carbonyl (C=O) groups excluding carboxylic acids is 2. The molecule has 0 aromatic heterocycles. The van der Waals surface area contributed by atoms with Crippen LogP contribution in [-0.4, -0.2) is 39.1 Å². The van der Waals surface area contributed by atoms with Crippen molar-refractivity contribution in [2.24, 2.45) is 11.5 Å². The van der Waals surface area contributed by atoms with Gasteiger partial charge in [0.25, 0.3) is 10.5 Å². The van der Waals surface area contributed by atoms with Crippen molar-refractivity contribution in [3.8, 4) is 0 Å². The maximum atomic E-state index is 9.09. The van der Waals surface area contributed by atoms with Crippen LogP contribution >= 0.6 is 25.3 Å². The summed E-state index contributed by atoms with van der Waals surface area (Å²) in [5, 5.41) is 5.72. The zero-order valence-corrected chi connectivity index (χ0v) is 15.6. The van der Waals surface area contributed by atoms with Gasteiger partial charge in [-0.1, -0.05) is 53.0 Å². The fourth-order valence-corrected chi connectivity index (χ4v) is 0. The first-order chi connectivity index (χ1) is 6.46. The molecule has 116 valence electrons. The maximum Gasteiger partial charge on any atom is 1.00 e. The van der Waals surface area contributed by atoms with Gasteiger partial charge in [-0.3, -0.25) is 9.59 Å². The first kappa shape index (κ1) is 62.8. The molecule has 0 saturated carbocycles. The van der Waals surface area contributed by atoms with E-state index in [4.69, 9.17) is 14.7 Å². The van der Waals surface area contributed by atoms with Gasteiger partial charge < -0.3 is 34.4 Å². The summed E-state index contributed by atoms with van der Waals surface area (Å²) in [6.07, 6.45) is 0. The SMILES string of the molecule is CC.CC.CO.NC(=O)S.NC(=O)S.O.O.O.[H-].[Na+]. The molecule has 18 heavy (non-hydrogen) atoms. The Morgan fingerprint density at radius 1 is 0.833 bits per heavy atom. The number of hydrogen-bond donors (Lipinski definition) is 5. The number of amides is 2. The predicted molar refractivity (Wildman–Crippen MR) is 79.9 cm³/mol. The molecule has 0 aromatic carbocycles. The Bertz CT molecular complexity index is 99.6. The molecule has 0 bridgehead atoms. The largest absolute Gasteiger partial charge is 1.00 e. The van der Waals surface area contributed by atoms with Gasteiger partial charge >= 0.3 is 29.6 Å². The van der Waals surface area contributed by atoms with Gasteiger partial charge in [0.15, 0.2) is 0 Å². The van der Waals surface area contributed by atoms with E-state index in [-0.39, 0.29) is 47.4 Å². The molecule has 0 aliphatic heterocycles. The van der Waals surface area contributed by atoms with Crippen molar-refractivity contribution in [2.45, 2.75) is 27.7 Å². The van der Waals surface area contributed by atoms with Crippen molar-refractivity contribution in [1.82, 2.24) is 0 Å². The van der Waals surface area contributed by atoms with E-state index in [1.54, 1.807) is 0 Å². The van der Waals surface area contributed by atoms with Crippen LogP contribution < -0.4 is 41.0 Å². The molecule has 2 amide bonds. The second-order valence-electron chi connectivity index (χ2n) is 0.676. The molecular formula is C7H29N2NaO6S2.